The number of fused-ring (bicyclic) bond motifs is 1. The van der Waals surface area contributed by atoms with E-state index in [1.54, 1.807) is 0 Å². The van der Waals surface area contributed by atoms with Crippen molar-refractivity contribution in [2.45, 2.75) is 45.3 Å². The average molecular weight is 625 g/mol. The van der Waals surface area contributed by atoms with Crippen LogP contribution in [0.5, 0.6) is 0 Å². The van der Waals surface area contributed by atoms with Crippen LogP contribution < -0.4 is 11.2 Å². The molecule has 39 heavy (non-hydrogen) atoms. The number of phosphoric ester groups is 1. The lowest BCUT2D eigenvalue weighted by molar-refractivity contribution is -0.0503. The average Bonchev–Trinajstić information content (AvgIpc) is 3.33. The first-order valence-electron chi connectivity index (χ1n) is 11.1. The minimum atomic E-state index is -5.75. The van der Waals surface area contributed by atoms with Crippen LogP contribution >= 0.6 is 23.5 Å². The van der Waals surface area contributed by atoms with Crippen molar-refractivity contribution < 1.29 is 61.4 Å². The molecule has 0 aromatic carbocycles. The number of aliphatic hydroxyl groups excluding tert-OH is 2. The van der Waals surface area contributed by atoms with Crippen molar-refractivity contribution in [2.75, 3.05) is 26.2 Å². The van der Waals surface area contributed by atoms with Gasteiger partial charge in [0, 0.05) is 0 Å². The van der Waals surface area contributed by atoms with Gasteiger partial charge in [0.2, 0.25) is 0 Å². The quantitative estimate of drug-likeness (QED) is 0.135. The highest BCUT2D eigenvalue weighted by molar-refractivity contribution is 7.66. The number of nitrogens with one attached hydrogen (secondary N) is 2. The number of hydrogen-bond donors (Lipinski definition) is 8. The zero-order valence-corrected chi connectivity index (χ0v) is 23.4. The molecule has 3 heterocycles. The predicted octanol–water partition coefficient (Wildman–Crippen LogP) is -1.28. The lowest BCUT2D eigenvalue weighted by atomic mass is 10.1. The summed E-state index contributed by atoms with van der Waals surface area (Å²) in [5.41, 5.74) is -2.16. The van der Waals surface area contributed by atoms with Gasteiger partial charge in [-0.2, -0.15) is 8.62 Å². The third kappa shape index (κ3) is 9.48. The summed E-state index contributed by atoms with van der Waals surface area (Å²) >= 11 is 0. The molecular formula is C16H30N5O15P3. The Morgan fingerprint density at radius 3 is 2.08 bits per heavy atom. The van der Waals surface area contributed by atoms with E-state index in [4.69, 9.17) is 19.4 Å². The Morgan fingerprint density at radius 2 is 1.56 bits per heavy atom. The minimum Gasteiger partial charge on any atom is -0.387 e. The molecule has 0 bridgehead atoms. The number of rotatable bonds is 11. The Labute approximate surface area is 219 Å². The highest BCUT2D eigenvalue weighted by Crippen LogP contribution is 2.66. The molecule has 0 saturated carbocycles. The second-order valence-corrected chi connectivity index (χ2v) is 12.2. The van der Waals surface area contributed by atoms with Crippen LogP contribution in [0.4, 0.5) is 0 Å². The summed E-state index contributed by atoms with van der Waals surface area (Å²) in [6.45, 7) is 9.09. The second kappa shape index (κ2) is 13.4. The fourth-order valence-corrected chi connectivity index (χ4v) is 6.41. The van der Waals surface area contributed by atoms with Crippen LogP contribution in [0.15, 0.2) is 15.9 Å². The third-order valence-electron chi connectivity index (χ3n) is 5.24. The molecule has 1 aliphatic heterocycles. The number of phosphoric acid groups is 3. The Kier molecular flexibility index (Phi) is 11.5. The van der Waals surface area contributed by atoms with Gasteiger partial charge in [0.25, 0.3) is 5.56 Å². The molecule has 0 aliphatic carbocycles. The molecule has 6 atom stereocenters. The summed E-state index contributed by atoms with van der Waals surface area (Å²) in [7, 11) is -16.8. The molecule has 1 saturated heterocycles. The first-order valence-corrected chi connectivity index (χ1v) is 15.7. The molecule has 0 radical (unpaired) electrons. The van der Waals surface area contributed by atoms with Gasteiger partial charge in [-0.25, -0.2) is 23.5 Å². The summed E-state index contributed by atoms with van der Waals surface area (Å²) in [6.07, 6.45) is -5.54. The summed E-state index contributed by atoms with van der Waals surface area (Å²) in [5.74, 6) is 0. The van der Waals surface area contributed by atoms with E-state index in [1.165, 1.54) is 19.6 Å². The summed E-state index contributed by atoms with van der Waals surface area (Å²) in [4.78, 5) is 69.1. The van der Waals surface area contributed by atoms with Crippen LogP contribution in [0.2, 0.25) is 0 Å². The zero-order chi connectivity index (χ0) is 29.8. The van der Waals surface area contributed by atoms with Crippen molar-refractivity contribution in [3.05, 3.63) is 27.2 Å². The number of aromatic amines is 2. The molecular weight excluding hydrogens is 595 g/mol. The molecule has 2 unspecified atom stereocenters. The summed E-state index contributed by atoms with van der Waals surface area (Å²) in [5, 5.41) is 20.3. The van der Waals surface area contributed by atoms with E-state index in [2.05, 4.69) is 48.8 Å². The van der Waals surface area contributed by atoms with E-state index < -0.39 is 65.9 Å². The normalized spacial score (nSPS) is 24.8. The highest BCUT2D eigenvalue weighted by Gasteiger charge is 2.47. The number of aliphatic hydroxyl groups is 2. The molecule has 1 fully saturated rings. The molecule has 1 aliphatic rings. The van der Waals surface area contributed by atoms with Gasteiger partial charge < -0.3 is 39.4 Å². The Morgan fingerprint density at radius 1 is 0.974 bits per heavy atom. The van der Waals surface area contributed by atoms with Crippen molar-refractivity contribution in [2.24, 2.45) is 0 Å². The van der Waals surface area contributed by atoms with Gasteiger partial charge in [-0.3, -0.25) is 23.9 Å². The monoisotopic (exact) mass is 625 g/mol. The van der Waals surface area contributed by atoms with Gasteiger partial charge in [0.05, 0.1) is 12.9 Å². The van der Waals surface area contributed by atoms with Gasteiger partial charge in [0.15, 0.2) is 11.7 Å². The number of H-pyrrole nitrogens is 2. The van der Waals surface area contributed by atoms with Crippen LogP contribution in [0, 0.1) is 0 Å². The Hall–Kier alpha value is -1.60. The van der Waals surface area contributed by atoms with Gasteiger partial charge in [-0.15, -0.1) is 0 Å². The van der Waals surface area contributed by atoms with Crippen LogP contribution in [-0.4, -0.2) is 98.8 Å². The van der Waals surface area contributed by atoms with Gasteiger partial charge >= 0.3 is 29.2 Å². The van der Waals surface area contributed by atoms with Crippen molar-refractivity contribution in [1.29, 1.82) is 0 Å². The molecule has 23 heteroatoms. The second-order valence-electron chi connectivity index (χ2n) is 7.81. The van der Waals surface area contributed by atoms with E-state index in [0.717, 1.165) is 10.9 Å². The maximum Gasteiger partial charge on any atom is 0.490 e. The minimum absolute atomic E-state index is 0.177. The zero-order valence-electron chi connectivity index (χ0n) is 20.8. The predicted molar refractivity (Wildman–Crippen MR) is 130 cm³/mol. The molecule has 3 rings (SSSR count). The lowest BCUT2D eigenvalue weighted by Crippen LogP contribution is -2.33. The van der Waals surface area contributed by atoms with Crippen molar-refractivity contribution in [3.63, 3.8) is 0 Å². The standard InChI is InChI=1S/C10H15N4O15P3.C6H15N/c15-5-3(1-26-31(22,23)29-32(24,25)28-30(19,20)21)27-9(6(5)16)14-2-11-4-7(14)12-10(18)13-8(4)17;1-4-7(5-2)6-3/h2-3,5-6,9,15-16H,1H2,(H,22,23)(H,24,25)(H2,19,20,21)(H2,12,13,17,18);4-6H2,1-3H3/t3-,5-,6-,9-;/m1./s1. The number of imidazole rings is 1. The van der Waals surface area contributed by atoms with E-state index >= 15 is 0 Å². The van der Waals surface area contributed by atoms with Gasteiger partial charge in [-0.1, -0.05) is 20.8 Å². The van der Waals surface area contributed by atoms with Crippen LogP contribution in [0.25, 0.3) is 11.2 Å². The summed E-state index contributed by atoms with van der Waals surface area (Å²) in [6, 6.07) is 0. The molecule has 20 nitrogen and oxygen atoms in total. The van der Waals surface area contributed by atoms with Gasteiger partial charge in [0.1, 0.15) is 24.0 Å². The fraction of sp³-hybridized carbons (Fsp3) is 0.688. The molecule has 0 amide bonds. The van der Waals surface area contributed by atoms with E-state index in [1.807, 2.05) is 4.98 Å². The van der Waals surface area contributed by atoms with E-state index in [-0.39, 0.29) is 11.2 Å². The smallest absolute Gasteiger partial charge is 0.387 e. The van der Waals surface area contributed by atoms with Crippen LogP contribution in [-0.2, 0) is 31.6 Å². The number of nitrogens with zero attached hydrogens (tertiary/aromatic N) is 3. The molecule has 8 N–H and O–H groups in total. The van der Waals surface area contributed by atoms with Crippen LogP contribution in [0.1, 0.15) is 27.0 Å². The van der Waals surface area contributed by atoms with E-state index in [9.17, 15) is 38.4 Å². The maximum absolute atomic E-state index is 11.8. The largest absolute Gasteiger partial charge is 0.490 e. The third-order valence-corrected chi connectivity index (χ3v) is 9.04. The van der Waals surface area contributed by atoms with Gasteiger partial charge in [-0.05, 0) is 19.6 Å². The lowest BCUT2D eigenvalue weighted by Gasteiger charge is -2.19. The van der Waals surface area contributed by atoms with Crippen molar-refractivity contribution >= 4 is 34.6 Å². The topological polar surface area (TPSA) is 296 Å². The first kappa shape index (κ1) is 33.6. The first-order chi connectivity index (χ1) is 17.9. The summed E-state index contributed by atoms with van der Waals surface area (Å²) < 4.78 is 51.4. The van der Waals surface area contributed by atoms with Crippen LogP contribution in [0.3, 0.4) is 0 Å². The fourth-order valence-electron chi connectivity index (χ4n) is 3.38. The van der Waals surface area contributed by atoms with Crippen molar-refractivity contribution in [3.8, 4) is 0 Å². The highest BCUT2D eigenvalue weighted by atomic mass is 31.3. The molecule has 2 aromatic heterocycles. The maximum atomic E-state index is 11.8. The van der Waals surface area contributed by atoms with E-state index in [0.29, 0.717) is 0 Å². The number of hydrogen-bond acceptors (Lipinski definition) is 13. The number of aromatic nitrogens is 4. The Bertz CT molecular complexity index is 1360. The Balaban J connectivity index is 0.000000673. The molecule has 224 valence electrons. The number of ether oxygens (including phenoxy) is 1. The molecule has 2 aromatic rings. The molecule has 0 spiro atoms. The van der Waals surface area contributed by atoms with Crippen molar-refractivity contribution in [1.82, 2.24) is 24.4 Å². The SMILES string of the molecule is CCN(CC)CC.O=c1[nH]c(=O)c2ncn([C@@H]3O[C@H](COP(=O)(O)OP(=O)(O)OP(=O)(O)O)[C@@H](O)[C@H]3O)c2[nH]1.